The Morgan fingerprint density at radius 2 is 1.97 bits per heavy atom. The summed E-state index contributed by atoms with van der Waals surface area (Å²) in [5.41, 5.74) is 4.23. The molecule has 1 aromatic heterocycles. The molecule has 3 heterocycles. The first kappa shape index (κ1) is 19.6. The monoisotopic (exact) mass is 431 g/mol. The minimum atomic E-state index is -0.675. The van der Waals surface area contributed by atoms with Crippen molar-refractivity contribution in [1.29, 1.82) is 0 Å². The molecule has 0 aliphatic carbocycles. The van der Waals surface area contributed by atoms with Crippen molar-refractivity contribution >= 4 is 34.5 Å². The molecule has 0 radical (unpaired) electrons. The molecule has 156 valence electrons. The number of hydrogen-bond acceptors (Lipinski definition) is 5. The van der Waals surface area contributed by atoms with E-state index in [1.54, 1.807) is 12.1 Å². The number of hydrogen-bond donors (Lipinski definition) is 1. The molecule has 5 rings (SSSR count). The summed E-state index contributed by atoms with van der Waals surface area (Å²) in [5.74, 6) is -0.661. The van der Waals surface area contributed by atoms with Gasteiger partial charge in [-0.05, 0) is 72.3 Å². The van der Waals surface area contributed by atoms with Crippen molar-refractivity contribution in [3.8, 4) is 5.75 Å². The van der Waals surface area contributed by atoms with Gasteiger partial charge in [-0.15, -0.1) is 11.3 Å². The van der Waals surface area contributed by atoms with Gasteiger partial charge in [-0.2, -0.15) is 0 Å². The summed E-state index contributed by atoms with van der Waals surface area (Å²) >= 11 is 1.48. The Morgan fingerprint density at radius 1 is 1.13 bits per heavy atom. The van der Waals surface area contributed by atoms with Crippen LogP contribution in [0.15, 0.2) is 59.5 Å². The molecular weight excluding hydrogens is 410 g/mol. The van der Waals surface area contributed by atoms with Crippen LogP contribution in [0.1, 0.15) is 33.2 Å². The molecule has 0 saturated carbocycles. The van der Waals surface area contributed by atoms with E-state index in [-0.39, 0.29) is 11.3 Å². The lowest BCUT2D eigenvalue weighted by atomic mass is 9.97. The van der Waals surface area contributed by atoms with Gasteiger partial charge in [-0.25, -0.2) is 0 Å². The molecule has 2 aromatic carbocycles. The summed E-state index contributed by atoms with van der Waals surface area (Å²) < 4.78 is 5.55. The number of fused-ring (bicyclic) bond motifs is 1. The number of anilines is 1. The van der Waals surface area contributed by atoms with E-state index >= 15 is 0 Å². The lowest BCUT2D eigenvalue weighted by Gasteiger charge is -2.25. The molecule has 1 atom stereocenters. The third-order valence-corrected chi connectivity index (χ3v) is 6.91. The van der Waals surface area contributed by atoms with E-state index in [9.17, 15) is 14.7 Å². The Bertz CT molecular complexity index is 1260. The number of ketones is 1. The Morgan fingerprint density at radius 3 is 2.71 bits per heavy atom. The first-order valence-corrected chi connectivity index (χ1v) is 11.0. The van der Waals surface area contributed by atoms with Gasteiger partial charge in [0.25, 0.3) is 11.7 Å². The molecule has 0 spiro atoms. The zero-order valence-electron chi connectivity index (χ0n) is 17.2. The maximum atomic E-state index is 13.2. The fourth-order valence-corrected chi connectivity index (χ4v) is 5.30. The highest BCUT2D eigenvalue weighted by atomic mass is 32.1. The minimum Gasteiger partial charge on any atom is -0.507 e. The summed E-state index contributed by atoms with van der Waals surface area (Å²) in [6, 6.07) is 14.2. The first-order valence-electron chi connectivity index (χ1n) is 10.1. The predicted octanol–water partition coefficient (Wildman–Crippen LogP) is 4.93. The van der Waals surface area contributed by atoms with Crippen LogP contribution < -0.4 is 9.64 Å². The molecule has 3 aromatic rings. The fraction of sp³-hybridized carbons (Fsp3) is 0.200. The number of thiophene rings is 1. The molecule has 1 N–H and O–H groups in total. The van der Waals surface area contributed by atoms with Gasteiger partial charge in [0.1, 0.15) is 17.6 Å². The topological polar surface area (TPSA) is 66.8 Å². The highest BCUT2D eigenvalue weighted by Gasteiger charge is 2.48. The van der Waals surface area contributed by atoms with Gasteiger partial charge in [-0.3, -0.25) is 14.5 Å². The summed E-state index contributed by atoms with van der Waals surface area (Å²) in [4.78, 5) is 28.8. The number of carbonyl (C=O) groups is 2. The molecule has 2 aliphatic rings. The van der Waals surface area contributed by atoms with Crippen LogP contribution in [0.2, 0.25) is 0 Å². The first-order chi connectivity index (χ1) is 15.0. The molecule has 1 amide bonds. The zero-order chi connectivity index (χ0) is 21.7. The fourth-order valence-electron chi connectivity index (χ4n) is 4.28. The second-order valence-corrected chi connectivity index (χ2v) is 8.84. The third-order valence-electron chi connectivity index (χ3n) is 5.84. The highest BCUT2D eigenvalue weighted by Crippen LogP contribution is 2.45. The van der Waals surface area contributed by atoms with Crippen LogP contribution in [-0.2, 0) is 16.0 Å². The highest BCUT2D eigenvalue weighted by molar-refractivity contribution is 7.10. The maximum Gasteiger partial charge on any atom is 0.300 e. The number of aliphatic hydroxyl groups excluding tert-OH is 1. The van der Waals surface area contributed by atoms with Gasteiger partial charge in [0.2, 0.25) is 0 Å². The summed E-state index contributed by atoms with van der Waals surface area (Å²) in [6.45, 7) is 4.50. The quantitative estimate of drug-likeness (QED) is 0.363. The van der Waals surface area contributed by atoms with Gasteiger partial charge < -0.3 is 9.84 Å². The van der Waals surface area contributed by atoms with Gasteiger partial charge >= 0.3 is 0 Å². The summed E-state index contributed by atoms with van der Waals surface area (Å²) in [6.07, 6.45) is 0.752. The van der Waals surface area contributed by atoms with Crippen molar-refractivity contribution < 1.29 is 19.4 Å². The van der Waals surface area contributed by atoms with Crippen molar-refractivity contribution in [1.82, 2.24) is 0 Å². The summed E-state index contributed by atoms with van der Waals surface area (Å²) in [5, 5.41) is 13.2. The van der Waals surface area contributed by atoms with Crippen LogP contribution in [0, 0.1) is 13.8 Å². The largest absolute Gasteiger partial charge is 0.507 e. The Labute approximate surface area is 184 Å². The van der Waals surface area contributed by atoms with Gasteiger partial charge in [0, 0.05) is 22.5 Å². The van der Waals surface area contributed by atoms with Crippen molar-refractivity contribution in [2.75, 3.05) is 11.5 Å². The normalized spacial score (nSPS) is 19.5. The van der Waals surface area contributed by atoms with Crippen LogP contribution in [0.5, 0.6) is 5.75 Å². The lowest BCUT2D eigenvalue weighted by molar-refractivity contribution is -0.132. The third kappa shape index (κ3) is 3.15. The van der Waals surface area contributed by atoms with Crippen LogP contribution in [0.25, 0.3) is 5.76 Å². The summed E-state index contributed by atoms with van der Waals surface area (Å²) in [7, 11) is 0. The van der Waals surface area contributed by atoms with Crippen LogP contribution in [0.3, 0.4) is 0 Å². The van der Waals surface area contributed by atoms with Crippen LogP contribution in [0.4, 0.5) is 5.69 Å². The molecule has 31 heavy (non-hydrogen) atoms. The Kier molecular flexibility index (Phi) is 4.67. The molecule has 0 bridgehead atoms. The molecule has 1 unspecified atom stereocenters. The molecule has 6 heteroatoms. The van der Waals surface area contributed by atoms with Crippen LogP contribution >= 0.6 is 11.3 Å². The average Bonchev–Trinajstić information content (AvgIpc) is 3.45. The van der Waals surface area contributed by atoms with Gasteiger partial charge in [-0.1, -0.05) is 12.1 Å². The van der Waals surface area contributed by atoms with Crippen molar-refractivity contribution in [3.63, 3.8) is 0 Å². The van der Waals surface area contributed by atoms with Gasteiger partial charge in [0.15, 0.2) is 0 Å². The van der Waals surface area contributed by atoms with E-state index in [0.717, 1.165) is 33.7 Å². The van der Waals surface area contributed by atoms with E-state index in [1.807, 2.05) is 55.6 Å². The second-order valence-electron chi connectivity index (χ2n) is 7.90. The average molecular weight is 432 g/mol. The second kappa shape index (κ2) is 7.39. The smallest absolute Gasteiger partial charge is 0.300 e. The molecule has 1 fully saturated rings. The zero-order valence-corrected chi connectivity index (χ0v) is 18.0. The van der Waals surface area contributed by atoms with E-state index < -0.39 is 17.7 Å². The number of carbonyl (C=O) groups excluding carboxylic acids is 2. The minimum absolute atomic E-state index is 0.121. The van der Waals surface area contributed by atoms with Crippen molar-refractivity contribution in [3.05, 3.63) is 86.6 Å². The van der Waals surface area contributed by atoms with E-state index in [1.165, 1.54) is 16.2 Å². The number of amides is 1. The van der Waals surface area contributed by atoms with Crippen molar-refractivity contribution in [2.24, 2.45) is 0 Å². The molecular formula is C25H21NO4S. The van der Waals surface area contributed by atoms with Crippen molar-refractivity contribution in [2.45, 2.75) is 26.3 Å². The van der Waals surface area contributed by atoms with E-state index in [2.05, 4.69) is 0 Å². The number of aryl methyl sites for hydroxylation is 2. The number of rotatable bonds is 3. The molecule has 2 aliphatic heterocycles. The maximum absolute atomic E-state index is 13.2. The SMILES string of the molecule is Cc1cccc(N2C(=O)C(=O)/C(=C(\O)c3ccc4c(c3)CCO4)C2c2sccc2C)c1. The molecule has 5 nitrogen and oxygen atoms in total. The van der Waals surface area contributed by atoms with E-state index in [0.29, 0.717) is 17.9 Å². The number of ether oxygens (including phenoxy) is 1. The Hall–Kier alpha value is -3.38. The number of nitrogens with zero attached hydrogens (tertiary/aromatic N) is 1. The molecule has 1 saturated heterocycles. The van der Waals surface area contributed by atoms with Crippen LogP contribution in [-0.4, -0.2) is 23.4 Å². The Balaban J connectivity index is 1.72. The number of aliphatic hydroxyl groups is 1. The van der Waals surface area contributed by atoms with E-state index in [4.69, 9.17) is 4.74 Å². The number of Topliss-reactive ketones (excluding diaryl/α,β-unsaturated/α-hetero) is 1. The predicted molar refractivity (Wildman–Crippen MR) is 121 cm³/mol. The number of benzene rings is 2. The standard InChI is InChI=1S/C25H21NO4S/c1-14-4-3-5-18(12-14)26-21(24-15(2)9-11-31-24)20(23(28)25(26)29)22(27)17-6-7-19-16(13-17)8-10-30-19/h3-7,9,11-13,21,27H,8,10H2,1-2H3/b22-20-. The lowest BCUT2D eigenvalue weighted by Crippen LogP contribution is -2.29. The van der Waals surface area contributed by atoms with Gasteiger partial charge in [0.05, 0.1) is 12.2 Å².